The molecule has 0 amide bonds. The van der Waals surface area contributed by atoms with Crippen LogP contribution in [-0.4, -0.2) is 43.0 Å². The molecule has 0 saturated carbocycles. The van der Waals surface area contributed by atoms with Crippen LogP contribution in [0.25, 0.3) is 20.9 Å². The lowest BCUT2D eigenvalue weighted by molar-refractivity contribution is -0.202. The molecular formula is C20H16Cl2N6O5. The van der Waals surface area contributed by atoms with Crippen LogP contribution in [0.2, 0.25) is 10.0 Å². The molecule has 11 nitrogen and oxygen atoms in total. The Hall–Kier alpha value is -3.46. The highest BCUT2D eigenvalue weighted by Crippen LogP contribution is 2.28. The summed E-state index contributed by atoms with van der Waals surface area (Å²) >= 11 is 11.7. The summed E-state index contributed by atoms with van der Waals surface area (Å²) in [7, 11) is 0. The second-order valence-corrected chi connectivity index (χ2v) is 7.69. The zero-order valence-corrected chi connectivity index (χ0v) is 18.3. The summed E-state index contributed by atoms with van der Waals surface area (Å²) in [5.41, 5.74) is 18.2. The Kier molecular flexibility index (Phi) is 8.37. The van der Waals surface area contributed by atoms with Gasteiger partial charge in [-0.25, -0.2) is 9.59 Å². The largest absolute Gasteiger partial charge is 0.456 e. The summed E-state index contributed by atoms with van der Waals surface area (Å²) in [5, 5.41) is 8.04. The molecule has 2 aromatic rings. The fraction of sp³-hybridized carbons (Fsp3) is 0.300. The summed E-state index contributed by atoms with van der Waals surface area (Å²) < 4.78 is 16.6. The number of hydrogen-bond donors (Lipinski definition) is 0. The third-order valence-corrected chi connectivity index (χ3v) is 5.18. The minimum absolute atomic E-state index is 0.0886. The third-order valence-electron chi connectivity index (χ3n) is 4.67. The van der Waals surface area contributed by atoms with Gasteiger partial charge in [-0.1, -0.05) is 33.4 Å². The van der Waals surface area contributed by atoms with E-state index in [-0.39, 0.29) is 24.1 Å². The maximum Gasteiger partial charge on any atom is 0.340 e. The van der Waals surface area contributed by atoms with Crippen molar-refractivity contribution < 1.29 is 23.8 Å². The summed E-state index contributed by atoms with van der Waals surface area (Å²) in [4.78, 5) is 30.6. The smallest absolute Gasteiger partial charge is 0.340 e. The zero-order chi connectivity index (χ0) is 23.8. The van der Waals surface area contributed by atoms with Gasteiger partial charge >= 0.3 is 11.9 Å². The molecule has 2 aromatic carbocycles. The van der Waals surface area contributed by atoms with Gasteiger partial charge in [0.15, 0.2) is 0 Å². The highest BCUT2D eigenvalue weighted by molar-refractivity contribution is 6.31. The average molecular weight is 491 g/mol. The van der Waals surface area contributed by atoms with Crippen molar-refractivity contribution in [2.24, 2.45) is 10.2 Å². The van der Waals surface area contributed by atoms with Gasteiger partial charge in [-0.15, -0.1) is 0 Å². The van der Waals surface area contributed by atoms with Crippen LogP contribution in [0.1, 0.15) is 27.1 Å². The first kappa shape index (κ1) is 24.2. The van der Waals surface area contributed by atoms with Crippen molar-refractivity contribution in [2.45, 2.75) is 31.0 Å². The monoisotopic (exact) mass is 490 g/mol. The van der Waals surface area contributed by atoms with Crippen LogP contribution in [-0.2, 0) is 14.2 Å². The zero-order valence-electron chi connectivity index (χ0n) is 16.8. The fourth-order valence-corrected chi connectivity index (χ4v) is 3.38. The Bertz CT molecular complexity index is 1100. The molecule has 1 aliphatic rings. The SMILES string of the molecule is [N-]=[N+]=NC[C@H]1OC(OC(=O)c2ccc(Cl)cc2)C[C@H](N=[N+]=[N-])[C@@H]1OC(=O)c1ccc(Cl)cc1. The van der Waals surface area contributed by atoms with Crippen molar-refractivity contribution in [2.75, 3.05) is 6.54 Å². The van der Waals surface area contributed by atoms with Gasteiger partial charge in [0, 0.05) is 26.3 Å². The molecule has 170 valence electrons. The lowest BCUT2D eigenvalue weighted by atomic mass is 9.99. The van der Waals surface area contributed by atoms with E-state index in [0.717, 1.165) is 0 Å². The van der Waals surface area contributed by atoms with Crippen LogP contribution >= 0.6 is 23.2 Å². The maximum atomic E-state index is 12.6. The molecule has 1 unspecified atom stereocenters. The van der Waals surface area contributed by atoms with Crippen LogP contribution in [0.15, 0.2) is 58.8 Å². The van der Waals surface area contributed by atoms with Crippen molar-refractivity contribution >= 4 is 35.1 Å². The Morgan fingerprint density at radius 1 is 0.939 bits per heavy atom. The van der Waals surface area contributed by atoms with E-state index in [1.165, 1.54) is 48.5 Å². The number of esters is 2. The van der Waals surface area contributed by atoms with Gasteiger partial charge in [0.05, 0.1) is 23.7 Å². The van der Waals surface area contributed by atoms with E-state index >= 15 is 0 Å². The molecule has 1 heterocycles. The van der Waals surface area contributed by atoms with Crippen LogP contribution in [0.3, 0.4) is 0 Å². The van der Waals surface area contributed by atoms with E-state index < -0.39 is 36.5 Å². The summed E-state index contributed by atoms with van der Waals surface area (Å²) in [6.45, 7) is -0.262. The number of hydrogen-bond acceptors (Lipinski definition) is 7. The number of rotatable bonds is 7. The molecule has 3 rings (SSSR count). The number of azide groups is 2. The van der Waals surface area contributed by atoms with E-state index in [1.807, 2.05) is 0 Å². The fourth-order valence-electron chi connectivity index (χ4n) is 3.13. The van der Waals surface area contributed by atoms with Crippen LogP contribution in [0.4, 0.5) is 0 Å². The van der Waals surface area contributed by atoms with E-state index in [0.29, 0.717) is 10.0 Å². The molecular weight excluding hydrogens is 475 g/mol. The van der Waals surface area contributed by atoms with Crippen LogP contribution < -0.4 is 0 Å². The molecule has 0 bridgehead atoms. The highest BCUT2D eigenvalue weighted by atomic mass is 35.5. The van der Waals surface area contributed by atoms with Gasteiger partial charge in [-0.2, -0.15) is 0 Å². The molecule has 1 aliphatic heterocycles. The predicted molar refractivity (Wildman–Crippen MR) is 118 cm³/mol. The lowest BCUT2D eigenvalue weighted by Gasteiger charge is -2.38. The highest BCUT2D eigenvalue weighted by Gasteiger charge is 2.42. The van der Waals surface area contributed by atoms with Crippen molar-refractivity contribution in [1.29, 1.82) is 0 Å². The van der Waals surface area contributed by atoms with E-state index in [4.69, 9.17) is 48.5 Å². The second kappa shape index (κ2) is 11.4. The van der Waals surface area contributed by atoms with Gasteiger partial charge in [0.25, 0.3) is 0 Å². The van der Waals surface area contributed by atoms with Crippen molar-refractivity contribution in [3.63, 3.8) is 0 Å². The minimum Gasteiger partial charge on any atom is -0.456 e. The van der Waals surface area contributed by atoms with Crippen LogP contribution in [0.5, 0.6) is 0 Å². The molecule has 0 radical (unpaired) electrons. The third kappa shape index (κ3) is 6.52. The molecule has 0 aliphatic carbocycles. The molecule has 0 N–H and O–H groups in total. The van der Waals surface area contributed by atoms with E-state index in [1.54, 1.807) is 0 Å². The van der Waals surface area contributed by atoms with Gasteiger partial charge in [0.1, 0.15) is 12.2 Å². The lowest BCUT2D eigenvalue weighted by Crippen LogP contribution is -2.51. The summed E-state index contributed by atoms with van der Waals surface area (Å²) in [5.74, 6) is -1.42. The summed E-state index contributed by atoms with van der Waals surface area (Å²) in [6, 6.07) is 11.0. The standard InChI is InChI=1S/C20H16Cl2N6O5/c21-13-5-1-11(2-6-13)19(29)32-17-9-15(26-28-24)18(16(31-17)10-25-27-23)33-20(30)12-3-7-14(22)8-4-12/h1-8,15-18H,9-10H2/t15-,16+,17?,18-/m0/s1. The molecule has 33 heavy (non-hydrogen) atoms. The van der Waals surface area contributed by atoms with Gasteiger partial charge in [0.2, 0.25) is 6.29 Å². The van der Waals surface area contributed by atoms with E-state index in [9.17, 15) is 9.59 Å². The number of ether oxygens (including phenoxy) is 3. The topological polar surface area (TPSA) is 159 Å². The average Bonchev–Trinajstić information content (AvgIpc) is 2.80. The van der Waals surface area contributed by atoms with Crippen molar-refractivity contribution in [3.8, 4) is 0 Å². The molecule has 13 heteroatoms. The first-order chi connectivity index (χ1) is 15.9. The number of carbonyl (C=O) groups is 2. The van der Waals surface area contributed by atoms with E-state index in [2.05, 4.69) is 20.1 Å². The molecule has 1 saturated heterocycles. The molecule has 1 fully saturated rings. The number of halogens is 2. The minimum atomic E-state index is -1.15. The number of nitrogens with zero attached hydrogens (tertiary/aromatic N) is 6. The maximum absolute atomic E-state index is 12.6. The Labute approximate surface area is 197 Å². The predicted octanol–water partition coefficient (Wildman–Crippen LogP) is 5.48. The Morgan fingerprint density at radius 2 is 1.48 bits per heavy atom. The van der Waals surface area contributed by atoms with Crippen molar-refractivity contribution in [1.82, 2.24) is 0 Å². The molecule has 0 spiro atoms. The van der Waals surface area contributed by atoms with Crippen molar-refractivity contribution in [3.05, 3.63) is 90.6 Å². The number of benzene rings is 2. The normalized spacial score (nSPS) is 21.8. The van der Waals surface area contributed by atoms with Gasteiger partial charge in [-0.05, 0) is 59.6 Å². The molecule has 4 atom stereocenters. The second-order valence-electron chi connectivity index (χ2n) is 6.81. The summed E-state index contributed by atoms with van der Waals surface area (Å²) in [6.07, 6.45) is -3.37. The van der Waals surface area contributed by atoms with Gasteiger partial charge in [-0.3, -0.25) is 0 Å². The Morgan fingerprint density at radius 3 is 2.00 bits per heavy atom. The van der Waals surface area contributed by atoms with Gasteiger partial charge < -0.3 is 14.2 Å². The molecule has 0 aromatic heterocycles. The quantitative estimate of drug-likeness (QED) is 0.217. The first-order valence-electron chi connectivity index (χ1n) is 9.55. The number of carbonyl (C=O) groups excluding carboxylic acids is 2. The first-order valence-corrected chi connectivity index (χ1v) is 10.3. The van der Waals surface area contributed by atoms with Crippen LogP contribution in [0, 0.1) is 0 Å². The Balaban J connectivity index is 1.79.